The molecule has 6 heteroatoms. The van der Waals surface area contributed by atoms with E-state index in [4.69, 9.17) is 4.42 Å². The highest BCUT2D eigenvalue weighted by Crippen LogP contribution is 2.24. The summed E-state index contributed by atoms with van der Waals surface area (Å²) in [7, 11) is 1.81. The van der Waals surface area contributed by atoms with Crippen LogP contribution in [0.15, 0.2) is 53.2 Å². The summed E-state index contributed by atoms with van der Waals surface area (Å²) >= 11 is 0. The highest BCUT2D eigenvalue weighted by molar-refractivity contribution is 5.50. The number of aromatic nitrogens is 3. The molecule has 0 radical (unpaired) electrons. The van der Waals surface area contributed by atoms with E-state index in [0.717, 1.165) is 11.8 Å². The van der Waals surface area contributed by atoms with Crippen LogP contribution in [0.5, 0.6) is 0 Å². The van der Waals surface area contributed by atoms with Crippen molar-refractivity contribution in [1.29, 1.82) is 0 Å². The summed E-state index contributed by atoms with van der Waals surface area (Å²) in [4.78, 5) is 3.77. The molecule has 106 valence electrons. The number of pyridine rings is 1. The van der Waals surface area contributed by atoms with E-state index in [1.165, 1.54) is 12.3 Å². The van der Waals surface area contributed by atoms with Crippen molar-refractivity contribution in [3.8, 4) is 11.5 Å². The fourth-order valence-corrected chi connectivity index (χ4v) is 2.07. The first-order chi connectivity index (χ1) is 10.3. The van der Waals surface area contributed by atoms with Crippen molar-refractivity contribution in [1.82, 2.24) is 20.5 Å². The van der Waals surface area contributed by atoms with E-state index < -0.39 is 5.82 Å². The number of benzene rings is 1. The average molecular weight is 284 g/mol. The van der Waals surface area contributed by atoms with E-state index in [-0.39, 0.29) is 11.9 Å². The molecular formula is C15H13FN4O. The third-order valence-electron chi connectivity index (χ3n) is 3.06. The molecule has 2 heterocycles. The molecule has 5 nitrogen and oxygen atoms in total. The van der Waals surface area contributed by atoms with Crippen LogP contribution in [0.4, 0.5) is 4.39 Å². The van der Waals surface area contributed by atoms with Crippen molar-refractivity contribution in [2.24, 2.45) is 0 Å². The molecule has 0 aliphatic rings. The van der Waals surface area contributed by atoms with E-state index in [1.807, 2.05) is 37.4 Å². The van der Waals surface area contributed by atoms with E-state index in [9.17, 15) is 4.39 Å². The lowest BCUT2D eigenvalue weighted by molar-refractivity contribution is 0.455. The second kappa shape index (κ2) is 5.80. The van der Waals surface area contributed by atoms with Crippen LogP contribution in [0.1, 0.15) is 17.5 Å². The van der Waals surface area contributed by atoms with Gasteiger partial charge in [-0.1, -0.05) is 30.3 Å². The van der Waals surface area contributed by atoms with E-state index in [1.54, 1.807) is 0 Å². The summed E-state index contributed by atoms with van der Waals surface area (Å²) in [5, 5.41) is 11.1. The number of nitrogens with zero attached hydrogens (tertiary/aromatic N) is 3. The van der Waals surface area contributed by atoms with Gasteiger partial charge in [0, 0.05) is 6.20 Å². The van der Waals surface area contributed by atoms with E-state index in [2.05, 4.69) is 20.5 Å². The Morgan fingerprint density at radius 1 is 1.14 bits per heavy atom. The standard InChI is InChI=1S/C15H13FN4O/c1-17-13(10-5-3-2-4-6-10)15-20-19-14(21-15)11-7-12(16)9-18-8-11/h2-9,13,17H,1H3. The topological polar surface area (TPSA) is 63.8 Å². The molecule has 0 spiro atoms. The highest BCUT2D eigenvalue weighted by atomic mass is 19.1. The second-order valence-corrected chi connectivity index (χ2v) is 4.47. The van der Waals surface area contributed by atoms with Gasteiger partial charge in [-0.25, -0.2) is 4.39 Å². The summed E-state index contributed by atoms with van der Waals surface area (Å²) in [5.41, 5.74) is 1.46. The number of hydrogen-bond donors (Lipinski definition) is 1. The van der Waals surface area contributed by atoms with Gasteiger partial charge in [-0.3, -0.25) is 4.98 Å². The molecule has 0 saturated heterocycles. The minimum Gasteiger partial charge on any atom is -0.419 e. The van der Waals surface area contributed by atoms with Crippen LogP contribution in [0, 0.1) is 5.82 Å². The first kappa shape index (κ1) is 13.4. The Kier molecular flexibility index (Phi) is 3.70. The third kappa shape index (κ3) is 2.80. The Labute approximate surface area is 120 Å². The predicted octanol–water partition coefficient (Wildman–Crippen LogP) is 2.58. The highest BCUT2D eigenvalue weighted by Gasteiger charge is 2.19. The Morgan fingerprint density at radius 3 is 2.67 bits per heavy atom. The normalized spacial score (nSPS) is 12.3. The molecule has 1 atom stereocenters. The molecule has 3 aromatic rings. The maximum atomic E-state index is 13.2. The molecule has 0 saturated carbocycles. The van der Waals surface area contributed by atoms with Gasteiger partial charge in [0.05, 0.1) is 11.8 Å². The first-order valence-electron chi connectivity index (χ1n) is 6.44. The van der Waals surface area contributed by atoms with Crippen molar-refractivity contribution in [3.63, 3.8) is 0 Å². The quantitative estimate of drug-likeness (QED) is 0.797. The minimum atomic E-state index is -0.444. The molecule has 0 bridgehead atoms. The third-order valence-corrected chi connectivity index (χ3v) is 3.06. The molecule has 3 rings (SSSR count). The van der Waals surface area contributed by atoms with Gasteiger partial charge in [-0.05, 0) is 18.7 Å². The molecule has 21 heavy (non-hydrogen) atoms. The smallest absolute Gasteiger partial charge is 0.249 e. The monoisotopic (exact) mass is 284 g/mol. The number of nitrogens with one attached hydrogen (secondary N) is 1. The maximum Gasteiger partial charge on any atom is 0.249 e. The fourth-order valence-electron chi connectivity index (χ4n) is 2.07. The minimum absolute atomic E-state index is 0.214. The van der Waals surface area contributed by atoms with Gasteiger partial charge in [-0.2, -0.15) is 0 Å². The zero-order chi connectivity index (χ0) is 14.7. The summed E-state index contributed by atoms with van der Waals surface area (Å²) in [6.45, 7) is 0. The summed E-state index contributed by atoms with van der Waals surface area (Å²) in [5.74, 6) is 0.219. The van der Waals surface area contributed by atoms with Gasteiger partial charge in [-0.15, -0.1) is 10.2 Å². The largest absolute Gasteiger partial charge is 0.419 e. The van der Waals surface area contributed by atoms with Gasteiger partial charge in [0.1, 0.15) is 11.9 Å². The number of hydrogen-bond acceptors (Lipinski definition) is 5. The summed E-state index contributed by atoms with van der Waals surface area (Å²) in [6, 6.07) is 10.8. The molecule has 1 unspecified atom stereocenters. The Bertz CT molecular complexity index is 729. The SMILES string of the molecule is CNC(c1ccccc1)c1nnc(-c2cncc(F)c2)o1. The van der Waals surface area contributed by atoms with Crippen LogP contribution in [0.25, 0.3) is 11.5 Å². The Morgan fingerprint density at radius 2 is 1.95 bits per heavy atom. The molecular weight excluding hydrogens is 271 g/mol. The summed E-state index contributed by atoms with van der Waals surface area (Å²) in [6.07, 6.45) is 2.61. The maximum absolute atomic E-state index is 13.2. The Balaban J connectivity index is 1.94. The fraction of sp³-hybridized carbons (Fsp3) is 0.133. The lowest BCUT2D eigenvalue weighted by Gasteiger charge is -2.11. The second-order valence-electron chi connectivity index (χ2n) is 4.47. The number of halogens is 1. The van der Waals surface area contributed by atoms with Gasteiger partial charge in [0.25, 0.3) is 0 Å². The summed E-state index contributed by atoms with van der Waals surface area (Å²) < 4.78 is 18.8. The number of rotatable bonds is 4. The van der Waals surface area contributed by atoms with Crippen LogP contribution < -0.4 is 5.32 Å². The van der Waals surface area contributed by atoms with Gasteiger partial charge in [0.15, 0.2) is 0 Å². The molecule has 1 aromatic carbocycles. The van der Waals surface area contributed by atoms with Crippen LogP contribution in [0.2, 0.25) is 0 Å². The van der Waals surface area contributed by atoms with Gasteiger partial charge >= 0.3 is 0 Å². The van der Waals surface area contributed by atoms with Crippen molar-refractivity contribution >= 4 is 0 Å². The lowest BCUT2D eigenvalue weighted by atomic mass is 10.1. The van der Waals surface area contributed by atoms with Crippen molar-refractivity contribution in [2.45, 2.75) is 6.04 Å². The zero-order valence-corrected chi connectivity index (χ0v) is 11.3. The van der Waals surface area contributed by atoms with Crippen molar-refractivity contribution < 1.29 is 8.81 Å². The van der Waals surface area contributed by atoms with E-state index in [0.29, 0.717) is 11.5 Å². The average Bonchev–Trinajstić information content (AvgIpc) is 2.99. The predicted molar refractivity (Wildman–Crippen MR) is 74.8 cm³/mol. The van der Waals surface area contributed by atoms with E-state index >= 15 is 0 Å². The zero-order valence-electron chi connectivity index (χ0n) is 11.3. The van der Waals surface area contributed by atoms with Crippen molar-refractivity contribution in [3.05, 3.63) is 66.1 Å². The molecule has 1 N–H and O–H groups in total. The van der Waals surface area contributed by atoms with Crippen LogP contribution in [-0.2, 0) is 0 Å². The lowest BCUT2D eigenvalue weighted by Crippen LogP contribution is -2.17. The Hall–Kier alpha value is -2.60. The first-order valence-corrected chi connectivity index (χ1v) is 6.44. The van der Waals surface area contributed by atoms with Crippen LogP contribution in [0.3, 0.4) is 0 Å². The van der Waals surface area contributed by atoms with Gasteiger partial charge in [0.2, 0.25) is 11.8 Å². The van der Waals surface area contributed by atoms with Crippen LogP contribution in [-0.4, -0.2) is 22.2 Å². The molecule has 0 amide bonds. The molecule has 0 aliphatic heterocycles. The van der Waals surface area contributed by atoms with Crippen LogP contribution >= 0.6 is 0 Å². The van der Waals surface area contributed by atoms with Gasteiger partial charge < -0.3 is 9.73 Å². The molecule has 0 aliphatic carbocycles. The molecule has 2 aromatic heterocycles. The molecule has 0 fully saturated rings. The van der Waals surface area contributed by atoms with Crippen molar-refractivity contribution in [2.75, 3.05) is 7.05 Å².